The van der Waals surface area contributed by atoms with Crippen molar-refractivity contribution in [2.75, 3.05) is 32.0 Å². The lowest BCUT2D eigenvalue weighted by atomic mass is 9.94. The minimum absolute atomic E-state index is 0.0410. The first kappa shape index (κ1) is 31.3. The number of ether oxygens (including phenoxy) is 1. The van der Waals surface area contributed by atoms with Gasteiger partial charge in [0.2, 0.25) is 11.6 Å². The van der Waals surface area contributed by atoms with Crippen molar-refractivity contribution in [1.82, 2.24) is 30.8 Å². The second-order valence-corrected chi connectivity index (χ2v) is 10.7. The topological polar surface area (TPSA) is 235 Å². The molecule has 0 bridgehead atoms. The van der Waals surface area contributed by atoms with E-state index < -0.39 is 71.0 Å². The van der Waals surface area contributed by atoms with E-state index in [9.17, 15) is 49.0 Å². The number of amides is 6. The van der Waals surface area contributed by atoms with E-state index >= 15 is 0 Å². The van der Waals surface area contributed by atoms with Crippen molar-refractivity contribution in [3.05, 3.63) is 41.1 Å². The summed E-state index contributed by atoms with van der Waals surface area (Å²) < 4.78 is 4.89. The summed E-state index contributed by atoms with van der Waals surface area (Å²) in [6, 6.07) is 2.31. The molecule has 3 aliphatic rings. The number of carboxylic acid groups (broad SMARTS) is 1. The van der Waals surface area contributed by atoms with Crippen LogP contribution in [0.1, 0.15) is 25.5 Å². The Morgan fingerprint density at radius 2 is 1.79 bits per heavy atom. The number of hydrogen-bond acceptors (Lipinski definition) is 12. The number of β-lactam (4-membered cyclic amide) rings is 1. The SMILES string of the molecule is CCN1CCN(C(=O)NC(C(=O)N[C@]2(NO)C(=O)N3C(C(=O)O)=C(COC(C)=O)CS[C@H]32)c2ccc(O)cc2)C(=O)C1=O. The van der Waals surface area contributed by atoms with Gasteiger partial charge in [0.25, 0.3) is 5.91 Å². The van der Waals surface area contributed by atoms with Crippen LogP contribution in [0.5, 0.6) is 5.75 Å². The molecule has 18 heteroatoms. The van der Waals surface area contributed by atoms with Gasteiger partial charge in [-0.1, -0.05) is 12.1 Å². The van der Waals surface area contributed by atoms with Gasteiger partial charge < -0.3 is 35.7 Å². The summed E-state index contributed by atoms with van der Waals surface area (Å²) >= 11 is 0.960. The highest BCUT2D eigenvalue weighted by atomic mass is 32.2. The molecule has 17 nitrogen and oxygen atoms in total. The molecule has 4 rings (SSSR count). The van der Waals surface area contributed by atoms with Gasteiger partial charge in [0.15, 0.2) is 0 Å². The minimum atomic E-state index is -2.24. The summed E-state index contributed by atoms with van der Waals surface area (Å²) in [5, 5.41) is 33.1. The molecular weight excluding hydrogens is 592 g/mol. The van der Waals surface area contributed by atoms with E-state index in [1.165, 1.54) is 29.2 Å². The fourth-order valence-corrected chi connectivity index (χ4v) is 6.16. The molecule has 6 amide bonds. The molecule has 0 saturated carbocycles. The zero-order valence-electron chi connectivity index (χ0n) is 22.9. The third kappa shape index (κ3) is 5.71. The number of carbonyl (C=O) groups excluding carboxylic acids is 6. The number of esters is 1. The lowest BCUT2D eigenvalue weighted by Crippen LogP contribution is -2.85. The van der Waals surface area contributed by atoms with E-state index in [4.69, 9.17) is 4.74 Å². The van der Waals surface area contributed by atoms with Crippen LogP contribution in [-0.2, 0) is 33.5 Å². The Balaban J connectivity index is 1.60. The van der Waals surface area contributed by atoms with Gasteiger partial charge in [0, 0.05) is 37.9 Å². The van der Waals surface area contributed by atoms with Crippen molar-refractivity contribution >= 4 is 53.4 Å². The number of nitrogens with one attached hydrogen (secondary N) is 3. The molecule has 0 spiro atoms. The normalized spacial score (nSPS) is 22.4. The van der Waals surface area contributed by atoms with E-state index in [2.05, 4.69) is 10.6 Å². The molecule has 0 radical (unpaired) electrons. The molecule has 1 aromatic rings. The first-order chi connectivity index (χ1) is 20.4. The van der Waals surface area contributed by atoms with Crippen molar-refractivity contribution in [3.63, 3.8) is 0 Å². The van der Waals surface area contributed by atoms with Crippen molar-refractivity contribution in [2.45, 2.75) is 30.9 Å². The molecule has 3 heterocycles. The number of carbonyl (C=O) groups is 7. The Morgan fingerprint density at radius 3 is 2.37 bits per heavy atom. The second kappa shape index (κ2) is 12.3. The van der Waals surface area contributed by atoms with Gasteiger partial charge in [-0.2, -0.15) is 5.48 Å². The lowest BCUT2D eigenvalue weighted by molar-refractivity contribution is -0.171. The fraction of sp³-hybridized carbons (Fsp3) is 0.400. The van der Waals surface area contributed by atoms with Crippen molar-refractivity contribution in [1.29, 1.82) is 0 Å². The number of urea groups is 1. The number of hydrogen-bond donors (Lipinski definition) is 6. The second-order valence-electron chi connectivity index (χ2n) is 9.60. The van der Waals surface area contributed by atoms with Crippen LogP contribution in [0.2, 0.25) is 0 Å². The third-order valence-corrected chi connectivity index (χ3v) is 8.39. The molecule has 3 aliphatic heterocycles. The molecule has 6 N–H and O–H groups in total. The van der Waals surface area contributed by atoms with E-state index in [-0.39, 0.29) is 42.3 Å². The van der Waals surface area contributed by atoms with Crippen molar-refractivity contribution < 1.29 is 53.7 Å². The average molecular weight is 621 g/mol. The zero-order valence-corrected chi connectivity index (χ0v) is 23.7. The highest BCUT2D eigenvalue weighted by molar-refractivity contribution is 8.00. The zero-order chi connectivity index (χ0) is 31.6. The van der Waals surface area contributed by atoms with E-state index in [1.807, 2.05) is 0 Å². The summed E-state index contributed by atoms with van der Waals surface area (Å²) in [5.74, 6) is -6.51. The van der Waals surface area contributed by atoms with Crippen LogP contribution in [0.15, 0.2) is 35.5 Å². The number of likely N-dealkylation sites (N-methyl/N-ethyl adjacent to an activating group) is 1. The number of rotatable bonds is 9. The van der Waals surface area contributed by atoms with Gasteiger partial charge in [-0.3, -0.25) is 33.8 Å². The molecule has 1 aromatic carbocycles. The maximum Gasteiger partial charge on any atom is 0.352 e. The number of phenols is 1. The molecule has 2 fully saturated rings. The standard InChI is InChI=1S/C25H28N6O11S/c1-3-29-8-9-30(20(36)19(29)35)24(40)26-16(13-4-6-15(33)7-5-13)18(34)27-25(28-41)22(39)31-17(21(37)38)14(10-42-12(2)32)11-43-23(25)31/h4-7,16,23,28,33,41H,3,8-11H2,1-2H3,(H,26,40)(H,27,34)(H,37,38)/t16?,23-,25-/m0/s1. The molecule has 0 aliphatic carbocycles. The van der Waals surface area contributed by atoms with Crippen LogP contribution in [-0.4, -0.2) is 115 Å². The summed E-state index contributed by atoms with van der Waals surface area (Å²) in [4.78, 5) is 91.0. The van der Waals surface area contributed by atoms with Crippen LogP contribution in [0.25, 0.3) is 0 Å². The lowest BCUT2D eigenvalue weighted by Gasteiger charge is -2.56. The van der Waals surface area contributed by atoms with Crippen LogP contribution in [0, 0.1) is 0 Å². The number of thioether (sulfide) groups is 1. The predicted molar refractivity (Wildman–Crippen MR) is 144 cm³/mol. The number of nitrogens with zero attached hydrogens (tertiary/aromatic N) is 3. The van der Waals surface area contributed by atoms with Crippen LogP contribution in [0.3, 0.4) is 0 Å². The third-order valence-electron chi connectivity index (χ3n) is 6.99. The summed E-state index contributed by atoms with van der Waals surface area (Å²) in [7, 11) is 0. The Morgan fingerprint density at radius 1 is 1.12 bits per heavy atom. The van der Waals surface area contributed by atoms with Gasteiger partial charge >= 0.3 is 29.8 Å². The summed E-state index contributed by atoms with van der Waals surface area (Å²) in [6.45, 7) is 2.58. The largest absolute Gasteiger partial charge is 0.508 e. The van der Waals surface area contributed by atoms with Gasteiger partial charge in [-0.05, 0) is 24.6 Å². The Labute approximate surface area is 247 Å². The van der Waals surface area contributed by atoms with Gasteiger partial charge in [0.1, 0.15) is 29.5 Å². The number of carboxylic acids is 1. The Bertz CT molecular complexity index is 1420. The van der Waals surface area contributed by atoms with E-state index in [1.54, 1.807) is 12.4 Å². The number of piperazine rings is 1. The van der Waals surface area contributed by atoms with Crippen molar-refractivity contribution in [2.24, 2.45) is 0 Å². The molecule has 230 valence electrons. The maximum absolute atomic E-state index is 13.7. The number of aliphatic carboxylic acids is 1. The molecule has 2 saturated heterocycles. The molecule has 3 atom stereocenters. The van der Waals surface area contributed by atoms with Crippen LogP contribution < -0.4 is 16.1 Å². The Hall–Kier alpha value is -4.68. The van der Waals surface area contributed by atoms with Gasteiger partial charge in [-0.15, -0.1) is 11.8 Å². The van der Waals surface area contributed by atoms with Gasteiger partial charge in [-0.25, -0.2) is 9.59 Å². The van der Waals surface area contributed by atoms with Crippen molar-refractivity contribution in [3.8, 4) is 5.75 Å². The summed E-state index contributed by atoms with van der Waals surface area (Å²) in [5.41, 5.74) is -0.745. The summed E-state index contributed by atoms with van der Waals surface area (Å²) in [6.07, 6.45) is 0. The fourth-order valence-electron chi connectivity index (χ4n) is 4.77. The van der Waals surface area contributed by atoms with E-state index in [0.29, 0.717) is 4.90 Å². The number of imide groups is 1. The molecule has 1 unspecified atom stereocenters. The Kier molecular flexibility index (Phi) is 8.93. The molecule has 0 aromatic heterocycles. The number of benzene rings is 1. The predicted octanol–water partition coefficient (Wildman–Crippen LogP) is -1.56. The molecule has 43 heavy (non-hydrogen) atoms. The smallest absolute Gasteiger partial charge is 0.352 e. The highest BCUT2D eigenvalue weighted by Crippen LogP contribution is 2.45. The monoisotopic (exact) mass is 620 g/mol. The average Bonchev–Trinajstić information content (AvgIpc) is 2.98. The maximum atomic E-state index is 13.7. The first-order valence-electron chi connectivity index (χ1n) is 12.8. The quantitative estimate of drug-likeness (QED) is 0.0603. The number of hydroxylamine groups is 1. The molecular formula is C25H28N6O11S. The number of aromatic hydroxyl groups is 1. The number of phenolic OH excluding ortho intramolecular Hbond substituents is 1. The number of fused-ring (bicyclic) bond motifs is 1. The van der Waals surface area contributed by atoms with E-state index in [0.717, 1.165) is 23.6 Å². The highest BCUT2D eigenvalue weighted by Gasteiger charge is 2.66. The van der Waals surface area contributed by atoms with Crippen LogP contribution >= 0.6 is 11.8 Å². The first-order valence-corrected chi connectivity index (χ1v) is 13.9. The minimum Gasteiger partial charge on any atom is -0.508 e. The van der Waals surface area contributed by atoms with Gasteiger partial charge in [0.05, 0.1) is 0 Å². The van der Waals surface area contributed by atoms with Crippen LogP contribution in [0.4, 0.5) is 4.79 Å².